The van der Waals surface area contributed by atoms with Crippen molar-refractivity contribution in [3.8, 4) is 0 Å². The van der Waals surface area contributed by atoms with E-state index in [1.165, 1.54) is 16.7 Å². The summed E-state index contributed by atoms with van der Waals surface area (Å²) in [5.41, 5.74) is 10.1. The first-order valence-electron chi connectivity index (χ1n) is 5.53. The summed E-state index contributed by atoms with van der Waals surface area (Å²) in [6, 6.07) is 6.73. The molecule has 0 aromatic heterocycles. The van der Waals surface area contributed by atoms with Crippen LogP contribution in [0, 0.1) is 6.92 Å². The first kappa shape index (κ1) is 12.6. The number of rotatable bonds is 4. The van der Waals surface area contributed by atoms with Crippen LogP contribution in [0.1, 0.15) is 48.9 Å². The van der Waals surface area contributed by atoms with E-state index in [1.807, 2.05) is 0 Å². The number of nitrogens with two attached hydrogens (primary N) is 1. The van der Waals surface area contributed by atoms with Gasteiger partial charge in [0, 0.05) is 6.04 Å². The Morgan fingerprint density at radius 3 is 2.53 bits per heavy atom. The monoisotopic (exact) mass is 223 g/mol. The fraction of sp³-hybridized carbons (Fsp3) is 0.538. The van der Waals surface area contributed by atoms with Gasteiger partial charge in [0.05, 0.1) is 0 Å². The Labute approximate surface area is 98.5 Å². The molecule has 1 rings (SSSR count). The van der Waals surface area contributed by atoms with Crippen molar-refractivity contribution in [2.24, 2.45) is 5.73 Å². The zero-order valence-corrected chi connectivity index (χ0v) is 10.7. The minimum Gasteiger partial charge on any atom is -0.324 e. The lowest BCUT2D eigenvalue weighted by Crippen LogP contribution is -2.12. The summed E-state index contributed by atoms with van der Waals surface area (Å²) in [5.74, 6) is 1.40. The van der Waals surface area contributed by atoms with Crippen LogP contribution in [0.3, 0.4) is 0 Å². The van der Waals surface area contributed by atoms with Crippen LogP contribution in [0.5, 0.6) is 0 Å². The lowest BCUT2D eigenvalue weighted by Gasteiger charge is -2.16. The van der Waals surface area contributed by atoms with Gasteiger partial charge in [0.25, 0.3) is 0 Å². The van der Waals surface area contributed by atoms with Gasteiger partial charge >= 0.3 is 0 Å². The largest absolute Gasteiger partial charge is 0.324 e. The standard InChI is InChI=1S/C13H21NS/c1-9(2)11-5-4-10(3)12(8-11)13(14)6-7-15/h4-5,8-9,13,15H,6-7,14H2,1-3H3. The molecule has 0 saturated carbocycles. The molecular weight excluding hydrogens is 202 g/mol. The van der Waals surface area contributed by atoms with Crippen molar-refractivity contribution in [2.45, 2.75) is 39.2 Å². The predicted molar refractivity (Wildman–Crippen MR) is 70.7 cm³/mol. The predicted octanol–water partition coefficient (Wildman–Crippen LogP) is 3.44. The van der Waals surface area contributed by atoms with Crippen molar-refractivity contribution < 1.29 is 0 Å². The summed E-state index contributed by atoms with van der Waals surface area (Å²) < 4.78 is 0. The molecule has 1 unspecified atom stereocenters. The van der Waals surface area contributed by atoms with Gasteiger partial charge in [0.1, 0.15) is 0 Å². The SMILES string of the molecule is Cc1ccc(C(C)C)cc1C(N)CCS. The summed E-state index contributed by atoms with van der Waals surface area (Å²) in [4.78, 5) is 0. The average molecular weight is 223 g/mol. The number of hydrogen-bond acceptors (Lipinski definition) is 2. The zero-order chi connectivity index (χ0) is 11.4. The maximum Gasteiger partial charge on any atom is 0.0305 e. The lowest BCUT2D eigenvalue weighted by molar-refractivity contribution is 0.698. The molecule has 1 atom stereocenters. The molecule has 2 N–H and O–H groups in total. The van der Waals surface area contributed by atoms with Gasteiger partial charge in [-0.15, -0.1) is 0 Å². The van der Waals surface area contributed by atoms with Crippen molar-refractivity contribution in [1.29, 1.82) is 0 Å². The maximum absolute atomic E-state index is 6.13. The molecule has 1 aromatic carbocycles. The number of hydrogen-bond donors (Lipinski definition) is 2. The quantitative estimate of drug-likeness (QED) is 0.751. The molecule has 15 heavy (non-hydrogen) atoms. The van der Waals surface area contributed by atoms with E-state index in [0.29, 0.717) is 5.92 Å². The van der Waals surface area contributed by atoms with Gasteiger partial charge in [-0.05, 0) is 41.7 Å². The summed E-state index contributed by atoms with van der Waals surface area (Å²) in [7, 11) is 0. The third-order valence-corrected chi connectivity index (χ3v) is 3.07. The summed E-state index contributed by atoms with van der Waals surface area (Å²) in [5, 5.41) is 0. The molecule has 2 heteroatoms. The van der Waals surface area contributed by atoms with Crippen LogP contribution in [0.2, 0.25) is 0 Å². The molecule has 0 aliphatic carbocycles. The average Bonchev–Trinajstić information content (AvgIpc) is 2.18. The number of aryl methyl sites for hydroxylation is 1. The lowest BCUT2D eigenvalue weighted by atomic mass is 9.93. The highest BCUT2D eigenvalue weighted by Crippen LogP contribution is 2.24. The van der Waals surface area contributed by atoms with Crippen molar-refractivity contribution in [2.75, 3.05) is 5.75 Å². The highest BCUT2D eigenvalue weighted by atomic mass is 32.1. The molecule has 0 spiro atoms. The van der Waals surface area contributed by atoms with E-state index in [2.05, 4.69) is 51.6 Å². The first-order chi connectivity index (χ1) is 7.06. The van der Waals surface area contributed by atoms with Crippen molar-refractivity contribution >= 4 is 12.6 Å². The zero-order valence-electron chi connectivity index (χ0n) is 9.83. The molecule has 0 saturated heterocycles. The van der Waals surface area contributed by atoms with Crippen LogP contribution >= 0.6 is 12.6 Å². The van der Waals surface area contributed by atoms with Crippen molar-refractivity contribution in [3.05, 3.63) is 34.9 Å². The fourth-order valence-electron chi connectivity index (χ4n) is 1.71. The van der Waals surface area contributed by atoms with E-state index in [-0.39, 0.29) is 6.04 Å². The smallest absolute Gasteiger partial charge is 0.0305 e. The highest BCUT2D eigenvalue weighted by Gasteiger charge is 2.10. The summed E-state index contributed by atoms with van der Waals surface area (Å²) >= 11 is 4.23. The summed E-state index contributed by atoms with van der Waals surface area (Å²) in [6.07, 6.45) is 0.936. The minimum absolute atomic E-state index is 0.126. The molecule has 0 fully saturated rings. The van der Waals surface area contributed by atoms with Gasteiger partial charge < -0.3 is 5.73 Å². The van der Waals surface area contributed by atoms with Crippen LogP contribution in [0.15, 0.2) is 18.2 Å². The molecule has 1 aromatic rings. The van der Waals surface area contributed by atoms with Gasteiger partial charge in [-0.25, -0.2) is 0 Å². The van der Waals surface area contributed by atoms with Gasteiger partial charge in [0.15, 0.2) is 0 Å². The number of benzene rings is 1. The molecule has 0 amide bonds. The van der Waals surface area contributed by atoms with Crippen LogP contribution in [-0.2, 0) is 0 Å². The second-order valence-electron chi connectivity index (χ2n) is 4.39. The van der Waals surface area contributed by atoms with E-state index in [9.17, 15) is 0 Å². The van der Waals surface area contributed by atoms with Gasteiger partial charge in [-0.1, -0.05) is 32.0 Å². The Morgan fingerprint density at radius 2 is 2.00 bits per heavy atom. The Morgan fingerprint density at radius 1 is 1.33 bits per heavy atom. The molecule has 84 valence electrons. The fourth-order valence-corrected chi connectivity index (χ4v) is 1.99. The number of thiol groups is 1. The Kier molecular flexibility index (Phi) is 4.68. The van der Waals surface area contributed by atoms with E-state index < -0.39 is 0 Å². The molecule has 1 nitrogen and oxygen atoms in total. The first-order valence-corrected chi connectivity index (χ1v) is 6.16. The van der Waals surface area contributed by atoms with Crippen LogP contribution < -0.4 is 5.73 Å². The van der Waals surface area contributed by atoms with E-state index in [1.54, 1.807) is 0 Å². The molecule has 0 radical (unpaired) electrons. The molecule has 0 aliphatic heterocycles. The molecule has 0 heterocycles. The maximum atomic E-state index is 6.13. The Balaban J connectivity index is 2.99. The van der Waals surface area contributed by atoms with E-state index >= 15 is 0 Å². The molecule has 0 bridgehead atoms. The van der Waals surface area contributed by atoms with Crippen LogP contribution in [0.25, 0.3) is 0 Å². The van der Waals surface area contributed by atoms with Crippen LogP contribution in [0.4, 0.5) is 0 Å². The Bertz CT molecular complexity index is 320. The van der Waals surface area contributed by atoms with Gasteiger partial charge in [-0.2, -0.15) is 12.6 Å². The minimum atomic E-state index is 0.126. The molecular formula is C13H21NS. The third-order valence-electron chi connectivity index (χ3n) is 2.81. The van der Waals surface area contributed by atoms with E-state index in [4.69, 9.17) is 5.73 Å². The topological polar surface area (TPSA) is 26.0 Å². The van der Waals surface area contributed by atoms with Gasteiger partial charge in [-0.3, -0.25) is 0 Å². The normalized spacial score (nSPS) is 13.2. The summed E-state index contributed by atoms with van der Waals surface area (Å²) in [6.45, 7) is 6.54. The molecule has 0 aliphatic rings. The third kappa shape index (κ3) is 3.25. The van der Waals surface area contributed by atoms with Crippen molar-refractivity contribution in [3.63, 3.8) is 0 Å². The second kappa shape index (κ2) is 5.57. The van der Waals surface area contributed by atoms with Crippen molar-refractivity contribution in [1.82, 2.24) is 0 Å². The van der Waals surface area contributed by atoms with Crippen LogP contribution in [-0.4, -0.2) is 5.75 Å². The second-order valence-corrected chi connectivity index (χ2v) is 4.84. The van der Waals surface area contributed by atoms with E-state index in [0.717, 1.165) is 12.2 Å². The Hall–Kier alpha value is -0.470. The van der Waals surface area contributed by atoms with Gasteiger partial charge in [0.2, 0.25) is 0 Å². The highest BCUT2D eigenvalue weighted by molar-refractivity contribution is 7.80.